The number of alkyl halides is 3. The van der Waals surface area contributed by atoms with Crippen molar-refractivity contribution < 1.29 is 27.4 Å². The van der Waals surface area contributed by atoms with E-state index in [1.165, 1.54) is 18.3 Å². The van der Waals surface area contributed by atoms with Gasteiger partial charge in [-0.2, -0.15) is 13.2 Å². The summed E-state index contributed by atoms with van der Waals surface area (Å²) >= 11 is 0. The van der Waals surface area contributed by atoms with Gasteiger partial charge in [-0.05, 0) is 43.3 Å². The summed E-state index contributed by atoms with van der Waals surface area (Å²) < 4.78 is 48.8. The molecule has 0 aliphatic rings. The molecule has 1 aromatic heterocycles. The van der Waals surface area contributed by atoms with E-state index in [4.69, 9.17) is 9.47 Å². The van der Waals surface area contributed by atoms with E-state index in [0.29, 0.717) is 28.8 Å². The van der Waals surface area contributed by atoms with Crippen LogP contribution in [0.3, 0.4) is 0 Å². The normalized spacial score (nSPS) is 12.6. The average Bonchev–Trinajstić information content (AvgIpc) is 2.67. The number of hydrogen-bond donors (Lipinski definition) is 1. The van der Waals surface area contributed by atoms with Crippen molar-refractivity contribution in [3.63, 3.8) is 0 Å². The number of nitrogens with zero attached hydrogens (tertiary/aromatic N) is 1. The molecule has 5 nitrogen and oxygen atoms in total. The molecule has 0 radical (unpaired) electrons. The fraction of sp³-hybridized carbons (Fsp3) is 0.238. The summed E-state index contributed by atoms with van der Waals surface area (Å²) in [6.07, 6.45) is -2.98. The number of ether oxygens (including phenoxy) is 2. The van der Waals surface area contributed by atoms with Crippen LogP contribution in [0.25, 0.3) is 10.9 Å². The van der Waals surface area contributed by atoms with Crippen LogP contribution in [-0.2, 0) is 10.9 Å². The van der Waals surface area contributed by atoms with E-state index in [0.717, 1.165) is 12.1 Å². The predicted molar refractivity (Wildman–Crippen MR) is 102 cm³/mol. The molecule has 0 aliphatic carbocycles. The number of aromatic nitrogens is 1. The Hall–Kier alpha value is -3.13. The quantitative estimate of drug-likeness (QED) is 0.641. The summed E-state index contributed by atoms with van der Waals surface area (Å²) in [6, 6.07) is 11.1. The van der Waals surface area contributed by atoms with Crippen molar-refractivity contribution in [1.82, 2.24) is 10.3 Å². The molecule has 1 heterocycles. The number of carbonyl (C=O) groups is 1. The van der Waals surface area contributed by atoms with Crippen molar-refractivity contribution in [2.24, 2.45) is 0 Å². The topological polar surface area (TPSA) is 60.5 Å². The monoisotopic (exact) mass is 404 g/mol. The van der Waals surface area contributed by atoms with Gasteiger partial charge < -0.3 is 14.8 Å². The SMILES string of the molecule is COCC(C)NC(=O)c1cnc2c(Oc3ccc(C(F)(F)F)cc3)cccc2c1. The van der Waals surface area contributed by atoms with Crippen LogP contribution in [-0.4, -0.2) is 30.6 Å². The molecule has 152 valence electrons. The maximum atomic E-state index is 12.7. The molecule has 0 aliphatic heterocycles. The van der Waals surface area contributed by atoms with Crippen LogP contribution < -0.4 is 10.1 Å². The van der Waals surface area contributed by atoms with Crippen molar-refractivity contribution in [1.29, 1.82) is 0 Å². The van der Waals surface area contributed by atoms with Crippen molar-refractivity contribution in [2.45, 2.75) is 19.1 Å². The Balaban J connectivity index is 1.82. The van der Waals surface area contributed by atoms with Crippen molar-refractivity contribution in [2.75, 3.05) is 13.7 Å². The average molecular weight is 404 g/mol. The standard InChI is InChI=1S/C21H19F3N2O3/c1-13(12-28-2)26-20(27)15-10-14-4-3-5-18(19(14)25-11-15)29-17-8-6-16(7-9-17)21(22,23)24/h3-11,13H,12H2,1-2H3,(H,26,27). The lowest BCUT2D eigenvalue weighted by atomic mass is 10.1. The molecule has 0 fully saturated rings. The Labute approximate surface area is 165 Å². The smallest absolute Gasteiger partial charge is 0.416 e. The number of nitrogens with one attached hydrogen (secondary N) is 1. The molecular weight excluding hydrogens is 385 g/mol. The minimum Gasteiger partial charge on any atom is -0.455 e. The first-order valence-corrected chi connectivity index (χ1v) is 8.81. The molecule has 3 aromatic rings. The van der Waals surface area contributed by atoms with Gasteiger partial charge >= 0.3 is 6.18 Å². The number of amides is 1. The van der Waals surface area contributed by atoms with Gasteiger partial charge in [-0.15, -0.1) is 0 Å². The van der Waals surface area contributed by atoms with Gasteiger partial charge in [0.05, 0.1) is 17.7 Å². The largest absolute Gasteiger partial charge is 0.455 e. The molecule has 3 rings (SSSR count). The second-order valence-electron chi connectivity index (χ2n) is 6.51. The van der Waals surface area contributed by atoms with Gasteiger partial charge in [0.15, 0.2) is 5.75 Å². The number of pyridine rings is 1. The number of benzene rings is 2. The maximum Gasteiger partial charge on any atom is 0.416 e. The van der Waals surface area contributed by atoms with Gasteiger partial charge in [0.25, 0.3) is 5.91 Å². The van der Waals surface area contributed by atoms with Gasteiger partial charge in [0, 0.05) is 24.7 Å². The van der Waals surface area contributed by atoms with E-state index in [1.807, 2.05) is 6.92 Å². The van der Waals surface area contributed by atoms with Gasteiger partial charge in [-0.1, -0.05) is 12.1 Å². The molecule has 1 atom stereocenters. The van der Waals surface area contributed by atoms with E-state index in [1.54, 1.807) is 31.4 Å². The van der Waals surface area contributed by atoms with Crippen LogP contribution in [0.15, 0.2) is 54.7 Å². The summed E-state index contributed by atoms with van der Waals surface area (Å²) in [5.41, 5.74) is 0.125. The first kappa shape index (κ1) is 20.6. The first-order valence-electron chi connectivity index (χ1n) is 8.81. The van der Waals surface area contributed by atoms with E-state index >= 15 is 0 Å². The number of methoxy groups -OCH3 is 1. The first-order chi connectivity index (χ1) is 13.8. The fourth-order valence-electron chi connectivity index (χ4n) is 2.78. The summed E-state index contributed by atoms with van der Waals surface area (Å²) in [6.45, 7) is 2.21. The third-order valence-corrected chi connectivity index (χ3v) is 4.14. The van der Waals surface area contributed by atoms with Gasteiger partial charge in [-0.3, -0.25) is 9.78 Å². The molecule has 0 saturated heterocycles. The zero-order valence-electron chi connectivity index (χ0n) is 15.8. The lowest BCUT2D eigenvalue weighted by molar-refractivity contribution is -0.137. The van der Waals surface area contributed by atoms with Crippen LogP contribution in [0, 0.1) is 0 Å². The number of rotatable bonds is 6. The van der Waals surface area contributed by atoms with Crippen LogP contribution in [0.5, 0.6) is 11.5 Å². The van der Waals surface area contributed by atoms with E-state index in [9.17, 15) is 18.0 Å². The van der Waals surface area contributed by atoms with E-state index in [-0.39, 0.29) is 17.7 Å². The molecule has 0 bridgehead atoms. The molecule has 2 aromatic carbocycles. The third-order valence-electron chi connectivity index (χ3n) is 4.14. The summed E-state index contributed by atoms with van der Waals surface area (Å²) in [5, 5.41) is 3.47. The van der Waals surface area contributed by atoms with Crippen LogP contribution >= 0.6 is 0 Å². The molecule has 0 saturated carbocycles. The summed E-state index contributed by atoms with van der Waals surface area (Å²) in [7, 11) is 1.55. The number of halogens is 3. The van der Waals surface area contributed by atoms with Gasteiger partial charge in [0.1, 0.15) is 11.3 Å². The zero-order chi connectivity index (χ0) is 21.0. The van der Waals surface area contributed by atoms with Crippen LogP contribution in [0.4, 0.5) is 13.2 Å². The highest BCUT2D eigenvalue weighted by molar-refractivity contribution is 5.98. The molecule has 29 heavy (non-hydrogen) atoms. The Morgan fingerprint density at radius 3 is 2.55 bits per heavy atom. The highest BCUT2D eigenvalue weighted by Crippen LogP contribution is 2.33. The van der Waals surface area contributed by atoms with Crippen LogP contribution in [0.1, 0.15) is 22.8 Å². The molecular formula is C21H19F3N2O3. The number of hydrogen-bond acceptors (Lipinski definition) is 4. The highest BCUT2D eigenvalue weighted by Gasteiger charge is 2.30. The Morgan fingerprint density at radius 2 is 1.90 bits per heavy atom. The lowest BCUT2D eigenvalue weighted by Crippen LogP contribution is -2.35. The second-order valence-corrected chi connectivity index (χ2v) is 6.51. The number of carbonyl (C=O) groups excluding carboxylic acids is 1. The number of fused-ring (bicyclic) bond motifs is 1. The minimum atomic E-state index is -4.41. The molecule has 8 heteroatoms. The minimum absolute atomic E-state index is 0.155. The van der Waals surface area contributed by atoms with Crippen molar-refractivity contribution >= 4 is 16.8 Å². The highest BCUT2D eigenvalue weighted by atomic mass is 19.4. The van der Waals surface area contributed by atoms with Gasteiger partial charge in [0.2, 0.25) is 0 Å². The fourth-order valence-corrected chi connectivity index (χ4v) is 2.78. The summed E-state index contributed by atoms with van der Waals surface area (Å²) in [4.78, 5) is 16.6. The molecule has 0 spiro atoms. The Morgan fingerprint density at radius 1 is 1.17 bits per heavy atom. The van der Waals surface area contributed by atoms with E-state index in [2.05, 4.69) is 10.3 Å². The zero-order valence-corrected chi connectivity index (χ0v) is 15.8. The number of para-hydroxylation sites is 1. The van der Waals surface area contributed by atoms with Crippen LogP contribution in [0.2, 0.25) is 0 Å². The predicted octanol–water partition coefficient (Wildman–Crippen LogP) is 4.81. The Bertz CT molecular complexity index is 1000. The van der Waals surface area contributed by atoms with Crippen molar-refractivity contribution in [3.8, 4) is 11.5 Å². The molecule has 1 unspecified atom stereocenters. The second kappa shape index (κ2) is 8.48. The third kappa shape index (κ3) is 5.03. The maximum absolute atomic E-state index is 12.7. The van der Waals surface area contributed by atoms with E-state index < -0.39 is 11.7 Å². The lowest BCUT2D eigenvalue weighted by Gasteiger charge is -2.13. The Kier molecular flexibility index (Phi) is 6.03. The van der Waals surface area contributed by atoms with Crippen molar-refractivity contribution in [3.05, 3.63) is 65.9 Å². The molecule has 1 amide bonds. The van der Waals surface area contributed by atoms with Gasteiger partial charge in [-0.25, -0.2) is 0 Å². The molecule has 1 N–H and O–H groups in total. The summed E-state index contributed by atoms with van der Waals surface area (Å²) in [5.74, 6) is 0.350.